The summed E-state index contributed by atoms with van der Waals surface area (Å²) in [6.45, 7) is 6.48. The van der Waals surface area contributed by atoms with Gasteiger partial charge in [-0.2, -0.15) is 0 Å². The zero-order valence-electron chi connectivity index (χ0n) is 50.0. The summed E-state index contributed by atoms with van der Waals surface area (Å²) in [5.41, 5.74) is 0. The highest BCUT2D eigenvalue weighted by Gasteiger charge is 2.19. The van der Waals surface area contributed by atoms with E-state index in [1.54, 1.807) is 0 Å². The van der Waals surface area contributed by atoms with Gasteiger partial charge in [0.2, 0.25) is 0 Å². The second-order valence-electron chi connectivity index (χ2n) is 21.3. The molecule has 6 heteroatoms. The van der Waals surface area contributed by atoms with Gasteiger partial charge in [0.05, 0.1) is 0 Å². The smallest absolute Gasteiger partial charge is 0.306 e. The quantitative estimate of drug-likeness (QED) is 0.0261. The first-order valence-electron chi connectivity index (χ1n) is 32.2. The molecule has 0 heterocycles. The molecule has 0 aliphatic heterocycles. The summed E-state index contributed by atoms with van der Waals surface area (Å²) in [7, 11) is 0. The number of allylic oxidation sites excluding steroid dienone is 16. The number of hydrogen-bond acceptors (Lipinski definition) is 6. The molecule has 0 spiro atoms. The molecule has 436 valence electrons. The van der Waals surface area contributed by atoms with Crippen LogP contribution < -0.4 is 0 Å². The van der Waals surface area contributed by atoms with Gasteiger partial charge in [-0.15, -0.1) is 0 Å². The molecule has 0 saturated carbocycles. The SMILES string of the molecule is CC/C=C\C/C=C\C/C=C\C/C=C\CCCCCCCCC(=O)OC(COC(=O)CCCCCCC/C=C\C/C=C\CCCC)COC(=O)CCCCCCCCCCCCCCC/C=C\C/C=C\CCCCCCC. The summed E-state index contributed by atoms with van der Waals surface area (Å²) in [6.07, 6.45) is 85.5. The van der Waals surface area contributed by atoms with Crippen molar-refractivity contribution in [2.45, 2.75) is 316 Å². The van der Waals surface area contributed by atoms with Crippen molar-refractivity contribution >= 4 is 17.9 Å². The van der Waals surface area contributed by atoms with Gasteiger partial charge in [0, 0.05) is 19.3 Å². The maximum Gasteiger partial charge on any atom is 0.306 e. The van der Waals surface area contributed by atoms with E-state index in [1.165, 1.54) is 141 Å². The minimum atomic E-state index is -0.793. The Hall–Kier alpha value is -3.67. The van der Waals surface area contributed by atoms with Crippen LogP contribution in [0.3, 0.4) is 0 Å². The molecule has 6 nitrogen and oxygen atoms in total. The molecule has 0 rings (SSSR count). The summed E-state index contributed by atoms with van der Waals surface area (Å²) in [5.74, 6) is -0.908. The van der Waals surface area contributed by atoms with E-state index in [1.807, 2.05) is 0 Å². The molecule has 0 fully saturated rings. The molecule has 0 bridgehead atoms. The zero-order chi connectivity index (χ0) is 55.0. The maximum atomic E-state index is 12.9. The third-order valence-electron chi connectivity index (χ3n) is 13.8. The van der Waals surface area contributed by atoms with Gasteiger partial charge in [0.1, 0.15) is 13.2 Å². The van der Waals surface area contributed by atoms with Crippen molar-refractivity contribution in [1.29, 1.82) is 0 Å². The van der Waals surface area contributed by atoms with E-state index in [9.17, 15) is 14.4 Å². The number of carbonyl (C=O) groups is 3. The molecule has 1 unspecified atom stereocenters. The van der Waals surface area contributed by atoms with E-state index in [4.69, 9.17) is 14.2 Å². The van der Waals surface area contributed by atoms with Crippen LogP contribution in [0.25, 0.3) is 0 Å². The van der Waals surface area contributed by atoms with E-state index >= 15 is 0 Å². The molecule has 0 amide bonds. The van der Waals surface area contributed by atoms with Crippen LogP contribution in [0.1, 0.15) is 310 Å². The van der Waals surface area contributed by atoms with Gasteiger partial charge < -0.3 is 14.2 Å². The molecule has 0 aliphatic carbocycles. The molecule has 0 radical (unpaired) electrons. The molecule has 0 aliphatic rings. The molecule has 76 heavy (non-hydrogen) atoms. The lowest BCUT2D eigenvalue weighted by molar-refractivity contribution is -0.167. The maximum absolute atomic E-state index is 12.9. The van der Waals surface area contributed by atoms with Gasteiger partial charge in [-0.1, -0.05) is 272 Å². The first-order chi connectivity index (χ1) is 37.5. The van der Waals surface area contributed by atoms with Crippen molar-refractivity contribution in [3.63, 3.8) is 0 Å². The lowest BCUT2D eigenvalue weighted by Gasteiger charge is -2.18. The number of esters is 3. The molecular weight excluding hydrogens is 937 g/mol. The Labute approximate surface area is 470 Å². The van der Waals surface area contributed by atoms with Gasteiger partial charge >= 0.3 is 17.9 Å². The predicted molar refractivity (Wildman–Crippen MR) is 330 cm³/mol. The number of rotatable bonds is 58. The number of carbonyl (C=O) groups excluding carboxylic acids is 3. The highest BCUT2D eigenvalue weighted by molar-refractivity contribution is 5.71. The molecule has 0 aromatic heterocycles. The van der Waals surface area contributed by atoms with Crippen LogP contribution in [-0.4, -0.2) is 37.2 Å². The van der Waals surface area contributed by atoms with Crippen molar-refractivity contribution in [2.75, 3.05) is 13.2 Å². The van der Waals surface area contributed by atoms with Gasteiger partial charge in [-0.3, -0.25) is 14.4 Å². The first kappa shape index (κ1) is 72.3. The van der Waals surface area contributed by atoms with Crippen molar-refractivity contribution in [2.24, 2.45) is 0 Å². The fraction of sp³-hybridized carbons (Fsp3) is 0.729. The molecule has 0 saturated heterocycles. The molecule has 0 aromatic rings. The van der Waals surface area contributed by atoms with E-state index in [0.29, 0.717) is 19.3 Å². The molecule has 0 N–H and O–H groups in total. The second kappa shape index (κ2) is 63.9. The predicted octanol–water partition coefficient (Wildman–Crippen LogP) is 22.0. The fourth-order valence-corrected chi connectivity index (χ4v) is 8.95. The standard InChI is InChI=1S/C70H120O6/c1-4-7-10-13-16-19-22-25-28-30-32-33-34-35-36-37-39-40-42-45-48-51-54-57-60-63-69(72)75-66-67(65-74-68(71)62-59-56-53-50-47-44-27-24-21-18-15-12-9-6-3)76-70(73)64-61-58-55-52-49-46-43-41-38-31-29-26-23-20-17-14-11-8-5-2/h8,11,15,17-18,20,22,24-27,29-30,32,38,41,67H,4-7,9-10,12-14,16,19,21,23,28,31,33-37,39-40,42-66H2,1-3H3/b11-8-,18-15-,20-17-,25-22-,27-24-,29-26-,32-30-,41-38-. The summed E-state index contributed by atoms with van der Waals surface area (Å²) >= 11 is 0. The summed E-state index contributed by atoms with van der Waals surface area (Å²) in [4.78, 5) is 38.3. The number of hydrogen-bond donors (Lipinski definition) is 0. The molecule has 1 atom stereocenters. The summed E-state index contributed by atoms with van der Waals surface area (Å²) in [6, 6.07) is 0. The van der Waals surface area contributed by atoms with Crippen LogP contribution in [0, 0.1) is 0 Å². The van der Waals surface area contributed by atoms with E-state index in [2.05, 4.69) is 118 Å². The minimum absolute atomic E-state index is 0.0878. The van der Waals surface area contributed by atoms with Crippen LogP contribution in [0.2, 0.25) is 0 Å². The van der Waals surface area contributed by atoms with Gasteiger partial charge in [-0.05, 0) is 116 Å². The normalized spacial score (nSPS) is 12.7. The zero-order valence-corrected chi connectivity index (χ0v) is 50.0. The monoisotopic (exact) mass is 1060 g/mol. The van der Waals surface area contributed by atoms with Crippen molar-refractivity contribution in [3.05, 3.63) is 97.2 Å². The summed E-state index contributed by atoms with van der Waals surface area (Å²) < 4.78 is 16.9. The van der Waals surface area contributed by atoms with Gasteiger partial charge in [0.25, 0.3) is 0 Å². The molecular formula is C70H120O6. The Morgan fingerprint density at radius 1 is 0.276 bits per heavy atom. The van der Waals surface area contributed by atoms with E-state index in [0.717, 1.165) is 128 Å². The number of ether oxygens (including phenoxy) is 3. The van der Waals surface area contributed by atoms with Crippen molar-refractivity contribution < 1.29 is 28.6 Å². The van der Waals surface area contributed by atoms with E-state index < -0.39 is 6.10 Å². The highest BCUT2D eigenvalue weighted by atomic mass is 16.6. The third-order valence-corrected chi connectivity index (χ3v) is 13.8. The van der Waals surface area contributed by atoms with Crippen LogP contribution in [0.4, 0.5) is 0 Å². The van der Waals surface area contributed by atoms with Crippen LogP contribution in [0.15, 0.2) is 97.2 Å². The Kier molecular flexibility index (Phi) is 60.8. The Balaban J connectivity index is 4.34. The highest BCUT2D eigenvalue weighted by Crippen LogP contribution is 2.16. The third kappa shape index (κ3) is 61.2. The Morgan fingerprint density at radius 3 is 0.842 bits per heavy atom. The average molecular weight is 1060 g/mol. The van der Waals surface area contributed by atoms with Gasteiger partial charge in [0.15, 0.2) is 6.10 Å². The Bertz CT molecular complexity index is 1490. The largest absolute Gasteiger partial charge is 0.462 e. The van der Waals surface area contributed by atoms with Crippen molar-refractivity contribution in [1.82, 2.24) is 0 Å². The number of unbranched alkanes of at least 4 members (excludes halogenated alkanes) is 31. The molecule has 0 aromatic carbocycles. The van der Waals surface area contributed by atoms with E-state index in [-0.39, 0.29) is 31.1 Å². The summed E-state index contributed by atoms with van der Waals surface area (Å²) in [5, 5.41) is 0. The van der Waals surface area contributed by atoms with Crippen LogP contribution >= 0.6 is 0 Å². The topological polar surface area (TPSA) is 78.9 Å². The fourth-order valence-electron chi connectivity index (χ4n) is 8.95. The van der Waals surface area contributed by atoms with Crippen LogP contribution in [0.5, 0.6) is 0 Å². The second-order valence-corrected chi connectivity index (χ2v) is 21.3. The lowest BCUT2D eigenvalue weighted by Crippen LogP contribution is -2.30. The van der Waals surface area contributed by atoms with Crippen molar-refractivity contribution in [3.8, 4) is 0 Å². The minimum Gasteiger partial charge on any atom is -0.462 e. The van der Waals surface area contributed by atoms with Crippen LogP contribution in [-0.2, 0) is 28.6 Å². The lowest BCUT2D eigenvalue weighted by atomic mass is 10.0. The first-order valence-corrected chi connectivity index (χ1v) is 32.2. The Morgan fingerprint density at radius 2 is 0.526 bits per heavy atom. The van der Waals surface area contributed by atoms with Gasteiger partial charge in [-0.25, -0.2) is 0 Å². The average Bonchev–Trinajstić information content (AvgIpc) is 3.42.